The average Bonchev–Trinajstić information content (AvgIpc) is 2.53. The Kier molecular flexibility index (Phi) is 1.79. The molecule has 67 valence electrons. The van der Waals surface area contributed by atoms with Gasteiger partial charge in [-0.2, -0.15) is 5.12 Å². The maximum Gasteiger partial charge on any atom is 0.374 e. The standard InChI is InChI=1S/C8H9N4O/c1-6-4-2-3-5-7(6)12-10-8(13)9-11-12/h2-5,11H,1H3,(H,10,13). The van der Waals surface area contributed by atoms with Crippen LogP contribution in [0.1, 0.15) is 5.56 Å². The van der Waals surface area contributed by atoms with E-state index in [9.17, 15) is 4.79 Å². The van der Waals surface area contributed by atoms with Gasteiger partial charge in [-0.25, -0.2) is 10.2 Å². The topological polar surface area (TPSA) is 58.5 Å². The maximum atomic E-state index is 10.8. The van der Waals surface area contributed by atoms with Crippen molar-refractivity contribution in [1.29, 1.82) is 0 Å². The lowest BCUT2D eigenvalue weighted by Gasteiger charge is -2.16. The summed E-state index contributed by atoms with van der Waals surface area (Å²) in [6.45, 7) is 1.96. The van der Waals surface area contributed by atoms with Crippen LogP contribution in [0.25, 0.3) is 0 Å². The maximum absolute atomic E-state index is 10.8. The largest absolute Gasteiger partial charge is 0.374 e. The smallest absolute Gasteiger partial charge is 0.243 e. The Hall–Kier alpha value is -1.75. The molecule has 5 nitrogen and oxygen atoms in total. The van der Waals surface area contributed by atoms with Crippen molar-refractivity contribution < 1.29 is 4.79 Å². The van der Waals surface area contributed by atoms with Gasteiger partial charge >= 0.3 is 6.03 Å². The van der Waals surface area contributed by atoms with Gasteiger partial charge in [0.25, 0.3) is 0 Å². The Balaban J connectivity index is 2.26. The van der Waals surface area contributed by atoms with Crippen molar-refractivity contribution in [3.63, 3.8) is 0 Å². The number of carbonyl (C=O) groups is 1. The van der Waals surface area contributed by atoms with Gasteiger partial charge in [0.1, 0.15) is 0 Å². The second kappa shape index (κ2) is 2.95. The van der Waals surface area contributed by atoms with Gasteiger partial charge in [-0.05, 0) is 18.6 Å². The Labute approximate surface area is 75.6 Å². The van der Waals surface area contributed by atoms with E-state index in [0.29, 0.717) is 0 Å². The van der Waals surface area contributed by atoms with Crippen molar-refractivity contribution in [1.82, 2.24) is 16.4 Å². The number of hydrazine groups is 2. The molecule has 2 amide bonds. The number of nitrogens with zero attached hydrogens (tertiary/aromatic N) is 2. The number of urea groups is 1. The van der Waals surface area contributed by atoms with Crippen molar-refractivity contribution in [3.8, 4) is 0 Å². The lowest BCUT2D eigenvalue weighted by molar-refractivity contribution is 0.246. The summed E-state index contributed by atoms with van der Waals surface area (Å²) in [7, 11) is 0. The summed E-state index contributed by atoms with van der Waals surface area (Å²) in [6.07, 6.45) is 0. The number of hydrogen-bond acceptors (Lipinski definition) is 3. The molecule has 5 heteroatoms. The second-order valence-corrected chi connectivity index (χ2v) is 2.75. The molecular weight excluding hydrogens is 168 g/mol. The van der Waals surface area contributed by atoms with Gasteiger partial charge in [0.2, 0.25) is 0 Å². The number of hydrogen-bond donors (Lipinski definition) is 2. The molecule has 1 aliphatic heterocycles. The van der Waals surface area contributed by atoms with Crippen LogP contribution >= 0.6 is 0 Å². The van der Waals surface area contributed by atoms with Crippen molar-refractivity contribution in [2.24, 2.45) is 0 Å². The number of benzene rings is 1. The Morgan fingerprint density at radius 1 is 1.38 bits per heavy atom. The molecule has 0 saturated carbocycles. The summed E-state index contributed by atoms with van der Waals surface area (Å²) < 4.78 is 0. The SMILES string of the molecule is Cc1ccccc1N1N[N]C(=O)N1. The van der Waals surface area contributed by atoms with Gasteiger partial charge in [0.05, 0.1) is 5.69 Å². The van der Waals surface area contributed by atoms with Crippen molar-refractivity contribution >= 4 is 11.7 Å². The number of carbonyl (C=O) groups excluding carboxylic acids is 1. The summed E-state index contributed by atoms with van der Waals surface area (Å²) in [6, 6.07) is 7.30. The van der Waals surface area contributed by atoms with E-state index in [2.05, 4.69) is 16.4 Å². The molecule has 13 heavy (non-hydrogen) atoms. The van der Waals surface area contributed by atoms with Crippen LogP contribution in [-0.4, -0.2) is 6.03 Å². The Bertz CT molecular complexity index is 339. The molecule has 2 N–H and O–H groups in total. The quantitative estimate of drug-likeness (QED) is 0.655. The van der Waals surface area contributed by atoms with Gasteiger partial charge in [-0.15, -0.1) is 5.43 Å². The molecule has 0 aliphatic carbocycles. The van der Waals surface area contributed by atoms with Crippen LogP contribution in [0.3, 0.4) is 0 Å². The average molecular weight is 177 g/mol. The zero-order valence-corrected chi connectivity index (χ0v) is 7.11. The molecule has 0 atom stereocenters. The molecule has 1 saturated heterocycles. The number of rotatable bonds is 1. The van der Waals surface area contributed by atoms with Gasteiger partial charge in [0, 0.05) is 0 Å². The molecule has 0 bridgehead atoms. The summed E-state index contributed by atoms with van der Waals surface area (Å²) in [4.78, 5) is 10.8. The summed E-state index contributed by atoms with van der Waals surface area (Å²) >= 11 is 0. The van der Waals surface area contributed by atoms with Crippen molar-refractivity contribution in [3.05, 3.63) is 29.8 Å². The van der Waals surface area contributed by atoms with E-state index in [4.69, 9.17) is 0 Å². The van der Waals surface area contributed by atoms with Gasteiger partial charge < -0.3 is 0 Å². The molecule has 2 rings (SSSR count). The van der Waals surface area contributed by atoms with E-state index in [1.165, 1.54) is 5.12 Å². The minimum absolute atomic E-state index is 0.386. The third-order valence-corrected chi connectivity index (χ3v) is 1.82. The summed E-state index contributed by atoms with van der Waals surface area (Å²) in [5.41, 5.74) is 10.5. The fourth-order valence-electron chi connectivity index (χ4n) is 1.17. The second-order valence-electron chi connectivity index (χ2n) is 2.75. The van der Waals surface area contributed by atoms with Crippen LogP contribution in [0, 0.1) is 6.92 Å². The molecule has 0 spiro atoms. The van der Waals surface area contributed by atoms with E-state index in [0.717, 1.165) is 11.3 Å². The van der Waals surface area contributed by atoms with Crippen LogP contribution in [-0.2, 0) is 0 Å². The van der Waals surface area contributed by atoms with E-state index in [1.807, 2.05) is 31.2 Å². The molecular formula is C8H9N4O. The first-order chi connectivity index (χ1) is 6.27. The number of aryl methyl sites for hydroxylation is 1. The molecule has 1 aromatic carbocycles. The van der Waals surface area contributed by atoms with E-state index in [-0.39, 0.29) is 6.03 Å². The number of nitrogens with one attached hydrogen (secondary N) is 2. The number of amides is 2. The van der Waals surface area contributed by atoms with E-state index < -0.39 is 0 Å². The lowest BCUT2D eigenvalue weighted by atomic mass is 10.2. The Morgan fingerprint density at radius 3 is 2.77 bits per heavy atom. The molecule has 1 fully saturated rings. The summed E-state index contributed by atoms with van der Waals surface area (Å²) in [5.74, 6) is 0. The highest BCUT2D eigenvalue weighted by Crippen LogP contribution is 2.16. The normalized spacial score (nSPS) is 15.5. The van der Waals surface area contributed by atoms with Crippen molar-refractivity contribution in [2.45, 2.75) is 6.92 Å². The highest BCUT2D eigenvalue weighted by molar-refractivity contribution is 5.78. The highest BCUT2D eigenvalue weighted by atomic mass is 16.2. The van der Waals surface area contributed by atoms with Gasteiger partial charge in [-0.3, -0.25) is 0 Å². The first-order valence-corrected chi connectivity index (χ1v) is 3.90. The van der Waals surface area contributed by atoms with Crippen LogP contribution in [0.5, 0.6) is 0 Å². The van der Waals surface area contributed by atoms with E-state index >= 15 is 0 Å². The van der Waals surface area contributed by atoms with Crippen LogP contribution in [0.2, 0.25) is 0 Å². The number of para-hydroxylation sites is 1. The van der Waals surface area contributed by atoms with Gasteiger partial charge in [0.15, 0.2) is 0 Å². The first kappa shape index (κ1) is 7.88. The first-order valence-electron chi connectivity index (χ1n) is 3.90. The van der Waals surface area contributed by atoms with Crippen LogP contribution in [0.15, 0.2) is 24.3 Å². The zero-order valence-electron chi connectivity index (χ0n) is 7.11. The third kappa shape index (κ3) is 1.41. The predicted molar refractivity (Wildman–Crippen MR) is 47.5 cm³/mol. The zero-order chi connectivity index (χ0) is 9.26. The molecule has 0 unspecified atom stereocenters. The third-order valence-electron chi connectivity index (χ3n) is 1.82. The molecule has 0 aromatic heterocycles. The Morgan fingerprint density at radius 2 is 2.15 bits per heavy atom. The fraction of sp³-hybridized carbons (Fsp3) is 0.125. The molecule has 1 radical (unpaired) electrons. The minimum Gasteiger partial charge on any atom is -0.243 e. The molecule has 1 aliphatic rings. The van der Waals surface area contributed by atoms with Gasteiger partial charge in [-0.1, -0.05) is 23.7 Å². The highest BCUT2D eigenvalue weighted by Gasteiger charge is 2.20. The summed E-state index contributed by atoms with van der Waals surface area (Å²) in [5, 5.41) is 1.48. The van der Waals surface area contributed by atoms with Crippen LogP contribution in [0.4, 0.5) is 10.5 Å². The van der Waals surface area contributed by atoms with E-state index in [1.54, 1.807) is 0 Å². The monoisotopic (exact) mass is 177 g/mol. The van der Waals surface area contributed by atoms with Crippen LogP contribution < -0.4 is 21.5 Å². The minimum atomic E-state index is -0.386. The number of anilines is 1. The fourth-order valence-corrected chi connectivity index (χ4v) is 1.17. The molecule has 1 heterocycles. The predicted octanol–water partition coefficient (Wildman–Crippen LogP) is 0.464. The molecule has 1 aromatic rings. The van der Waals surface area contributed by atoms with Crippen molar-refractivity contribution in [2.75, 3.05) is 5.12 Å². The lowest BCUT2D eigenvalue weighted by Crippen LogP contribution is -2.39.